The van der Waals surface area contributed by atoms with Gasteiger partial charge >= 0.3 is 11.9 Å². The first-order chi connectivity index (χ1) is 11.5. The molecule has 0 unspecified atom stereocenters. The molecular weight excluding hydrogens is 320 g/mol. The maximum Gasteiger partial charge on any atom is 0.303 e. The van der Waals surface area contributed by atoms with Crippen molar-refractivity contribution in [2.45, 2.75) is 39.3 Å². The van der Waals surface area contributed by atoms with Crippen LogP contribution in [0.3, 0.4) is 0 Å². The summed E-state index contributed by atoms with van der Waals surface area (Å²) in [6, 6.07) is 0. The Morgan fingerprint density at radius 2 is 1.71 bits per heavy atom. The first-order valence-corrected chi connectivity index (χ1v) is 7.94. The molecule has 0 radical (unpaired) electrons. The van der Waals surface area contributed by atoms with Crippen LogP contribution < -0.4 is 0 Å². The molecule has 138 valence electrons. The SMILES string of the molecule is CCOCCOCCO[C@@H]1C=C[C@H](OC(C)=O)[C@@H](COC(C)=O)O1. The topological polar surface area (TPSA) is 89.5 Å². The predicted molar refractivity (Wildman–Crippen MR) is 83.3 cm³/mol. The smallest absolute Gasteiger partial charge is 0.303 e. The number of ether oxygens (including phenoxy) is 6. The second kappa shape index (κ2) is 12.0. The van der Waals surface area contributed by atoms with Gasteiger partial charge in [-0.15, -0.1) is 0 Å². The van der Waals surface area contributed by atoms with Crippen LogP contribution in [0.1, 0.15) is 20.8 Å². The van der Waals surface area contributed by atoms with Crippen LogP contribution in [0, 0.1) is 0 Å². The van der Waals surface area contributed by atoms with Gasteiger partial charge in [0.1, 0.15) is 18.8 Å². The van der Waals surface area contributed by atoms with E-state index in [0.29, 0.717) is 33.0 Å². The molecule has 1 heterocycles. The maximum atomic E-state index is 11.1. The molecule has 0 saturated carbocycles. The highest BCUT2D eigenvalue weighted by Gasteiger charge is 2.30. The number of hydrogen-bond acceptors (Lipinski definition) is 8. The predicted octanol–water partition coefficient (Wildman–Crippen LogP) is 0.832. The molecule has 0 N–H and O–H groups in total. The molecule has 8 heteroatoms. The summed E-state index contributed by atoms with van der Waals surface area (Å²) in [7, 11) is 0. The van der Waals surface area contributed by atoms with Crippen molar-refractivity contribution in [3.63, 3.8) is 0 Å². The zero-order valence-corrected chi connectivity index (χ0v) is 14.4. The van der Waals surface area contributed by atoms with E-state index in [0.717, 1.165) is 0 Å². The summed E-state index contributed by atoms with van der Waals surface area (Å²) < 4.78 is 31.7. The van der Waals surface area contributed by atoms with Crippen LogP contribution in [0.15, 0.2) is 12.2 Å². The number of carbonyl (C=O) groups is 2. The van der Waals surface area contributed by atoms with Crippen LogP contribution in [0.4, 0.5) is 0 Å². The van der Waals surface area contributed by atoms with Crippen LogP contribution in [0.25, 0.3) is 0 Å². The summed E-state index contributed by atoms with van der Waals surface area (Å²) in [5.41, 5.74) is 0. The van der Waals surface area contributed by atoms with Crippen LogP contribution in [0.5, 0.6) is 0 Å². The fraction of sp³-hybridized carbons (Fsp3) is 0.750. The van der Waals surface area contributed by atoms with Crippen LogP contribution in [-0.4, -0.2) is 70.1 Å². The second-order valence-corrected chi connectivity index (χ2v) is 4.98. The molecule has 0 aromatic carbocycles. The third-order valence-electron chi connectivity index (χ3n) is 2.97. The average molecular weight is 346 g/mol. The van der Waals surface area contributed by atoms with Gasteiger partial charge in [-0.05, 0) is 19.1 Å². The Kier molecular flexibility index (Phi) is 10.3. The summed E-state index contributed by atoms with van der Waals surface area (Å²) in [4.78, 5) is 22.1. The molecule has 0 bridgehead atoms. The van der Waals surface area contributed by atoms with Gasteiger partial charge in [0.2, 0.25) is 0 Å². The standard InChI is InChI=1S/C16H26O8/c1-4-19-7-8-20-9-10-21-16-6-5-14(23-13(3)18)15(24-16)11-22-12(2)17/h5-6,14-16H,4,7-11H2,1-3H3/t14-,15+,16-/m0/s1. The van der Waals surface area contributed by atoms with Gasteiger partial charge in [-0.2, -0.15) is 0 Å². The Balaban J connectivity index is 2.35. The zero-order chi connectivity index (χ0) is 17.8. The number of rotatable bonds is 11. The molecule has 0 aromatic heterocycles. The Morgan fingerprint density at radius 1 is 1.00 bits per heavy atom. The molecule has 24 heavy (non-hydrogen) atoms. The fourth-order valence-corrected chi connectivity index (χ4v) is 1.94. The van der Waals surface area contributed by atoms with Crippen molar-refractivity contribution < 1.29 is 38.0 Å². The minimum Gasteiger partial charge on any atom is -0.463 e. The number of carbonyl (C=O) groups excluding carboxylic acids is 2. The first-order valence-electron chi connectivity index (χ1n) is 7.94. The summed E-state index contributed by atoms with van der Waals surface area (Å²) in [6.45, 7) is 6.95. The molecule has 1 aliphatic rings. The lowest BCUT2D eigenvalue weighted by atomic mass is 10.1. The van der Waals surface area contributed by atoms with Gasteiger partial charge in [-0.1, -0.05) is 0 Å². The molecule has 0 amide bonds. The van der Waals surface area contributed by atoms with Crippen molar-refractivity contribution in [3.8, 4) is 0 Å². The van der Waals surface area contributed by atoms with Crippen LogP contribution >= 0.6 is 0 Å². The lowest BCUT2D eigenvalue weighted by molar-refractivity contribution is -0.199. The number of hydrogen-bond donors (Lipinski definition) is 0. The van der Waals surface area contributed by atoms with Gasteiger partial charge in [-0.3, -0.25) is 9.59 Å². The van der Waals surface area contributed by atoms with E-state index in [1.165, 1.54) is 13.8 Å². The molecular formula is C16H26O8. The number of esters is 2. The summed E-state index contributed by atoms with van der Waals surface area (Å²) >= 11 is 0. The van der Waals surface area contributed by atoms with Gasteiger partial charge in [-0.25, -0.2) is 0 Å². The van der Waals surface area contributed by atoms with E-state index in [1.807, 2.05) is 6.92 Å². The maximum absolute atomic E-state index is 11.1. The summed E-state index contributed by atoms with van der Waals surface area (Å²) in [6.07, 6.45) is 1.46. The molecule has 8 nitrogen and oxygen atoms in total. The Hall–Kier alpha value is -1.48. The van der Waals surface area contributed by atoms with Crippen molar-refractivity contribution in [2.24, 2.45) is 0 Å². The third-order valence-corrected chi connectivity index (χ3v) is 2.97. The molecule has 0 fully saturated rings. The van der Waals surface area contributed by atoms with E-state index in [-0.39, 0.29) is 6.61 Å². The molecule has 0 saturated heterocycles. The van der Waals surface area contributed by atoms with E-state index < -0.39 is 30.4 Å². The highest BCUT2D eigenvalue weighted by atomic mass is 16.7. The van der Waals surface area contributed by atoms with Crippen molar-refractivity contribution in [2.75, 3.05) is 39.6 Å². The van der Waals surface area contributed by atoms with E-state index in [4.69, 9.17) is 28.4 Å². The molecule has 1 aliphatic heterocycles. The van der Waals surface area contributed by atoms with E-state index in [2.05, 4.69) is 0 Å². The van der Waals surface area contributed by atoms with Crippen LogP contribution in [0.2, 0.25) is 0 Å². The van der Waals surface area contributed by atoms with Crippen molar-refractivity contribution >= 4 is 11.9 Å². The Bertz CT molecular complexity index is 409. The van der Waals surface area contributed by atoms with Crippen molar-refractivity contribution in [1.29, 1.82) is 0 Å². The minimum atomic E-state index is -0.621. The van der Waals surface area contributed by atoms with Gasteiger partial charge in [0.05, 0.1) is 26.4 Å². The van der Waals surface area contributed by atoms with Crippen molar-refractivity contribution in [1.82, 2.24) is 0 Å². The van der Waals surface area contributed by atoms with E-state index >= 15 is 0 Å². The highest BCUT2D eigenvalue weighted by Crippen LogP contribution is 2.17. The summed E-state index contributed by atoms with van der Waals surface area (Å²) in [5, 5.41) is 0. The monoisotopic (exact) mass is 346 g/mol. The lowest BCUT2D eigenvalue weighted by Crippen LogP contribution is -2.42. The van der Waals surface area contributed by atoms with Gasteiger partial charge in [0.15, 0.2) is 6.29 Å². The normalized spacial score (nSPS) is 23.0. The first kappa shape index (κ1) is 20.6. The highest BCUT2D eigenvalue weighted by molar-refractivity contribution is 5.66. The van der Waals surface area contributed by atoms with E-state index in [1.54, 1.807) is 12.2 Å². The Morgan fingerprint density at radius 3 is 2.38 bits per heavy atom. The zero-order valence-electron chi connectivity index (χ0n) is 14.4. The molecule has 0 spiro atoms. The van der Waals surface area contributed by atoms with Gasteiger partial charge < -0.3 is 28.4 Å². The second-order valence-electron chi connectivity index (χ2n) is 4.98. The fourth-order valence-electron chi connectivity index (χ4n) is 1.94. The lowest BCUT2D eigenvalue weighted by Gasteiger charge is -2.31. The molecule has 1 rings (SSSR count). The van der Waals surface area contributed by atoms with Crippen molar-refractivity contribution in [3.05, 3.63) is 12.2 Å². The quantitative estimate of drug-likeness (QED) is 0.309. The molecule has 3 atom stereocenters. The Labute approximate surface area is 142 Å². The van der Waals surface area contributed by atoms with E-state index in [9.17, 15) is 9.59 Å². The summed E-state index contributed by atoms with van der Waals surface area (Å²) in [5.74, 6) is -0.877. The van der Waals surface area contributed by atoms with Crippen LogP contribution in [-0.2, 0) is 38.0 Å². The minimum absolute atomic E-state index is 0.0255. The largest absolute Gasteiger partial charge is 0.463 e. The molecule has 0 aliphatic carbocycles. The average Bonchev–Trinajstić information content (AvgIpc) is 2.53. The molecule has 0 aromatic rings. The van der Waals surface area contributed by atoms with Gasteiger partial charge in [0.25, 0.3) is 0 Å². The van der Waals surface area contributed by atoms with Gasteiger partial charge in [0, 0.05) is 20.5 Å². The third kappa shape index (κ3) is 8.97.